The molecule has 0 unspecified atom stereocenters. The van der Waals surface area contributed by atoms with E-state index in [0.717, 1.165) is 10.4 Å². The molecule has 0 saturated heterocycles. The van der Waals surface area contributed by atoms with Crippen LogP contribution in [0.4, 0.5) is 4.79 Å². The number of carbonyl (C=O) groups is 2. The Balaban J connectivity index is 3.34. The van der Waals surface area contributed by atoms with Crippen LogP contribution in [0.3, 0.4) is 0 Å². The summed E-state index contributed by atoms with van der Waals surface area (Å²) in [6, 6.07) is 9.45. The maximum atomic E-state index is 13.0. The second-order valence-corrected chi connectivity index (χ2v) is 13.0. The summed E-state index contributed by atoms with van der Waals surface area (Å²) < 4.78 is 21.0. The van der Waals surface area contributed by atoms with Gasteiger partial charge >= 0.3 is 12.1 Å². The van der Waals surface area contributed by atoms with Crippen LogP contribution in [0, 0.1) is 0 Å². The van der Waals surface area contributed by atoms with Crippen molar-refractivity contribution in [2.75, 3.05) is 34.2 Å². The third-order valence-corrected chi connectivity index (χ3v) is 8.42. The highest BCUT2D eigenvalue weighted by Crippen LogP contribution is 2.24. The molecule has 0 radical (unpaired) electrons. The van der Waals surface area contributed by atoms with Crippen LogP contribution in [-0.4, -0.2) is 70.8 Å². The van der Waals surface area contributed by atoms with Crippen molar-refractivity contribution >= 4 is 25.3 Å². The third kappa shape index (κ3) is 7.59. The van der Waals surface area contributed by atoms with Crippen LogP contribution < -0.4 is 5.19 Å². The Morgan fingerprint density at radius 3 is 2.23 bits per heavy atom. The number of amides is 1. The number of hydrogen-bond donors (Lipinski definition) is 0. The summed E-state index contributed by atoms with van der Waals surface area (Å²) in [4.78, 5) is 26.5. The fourth-order valence-corrected chi connectivity index (χ4v) is 5.37. The van der Waals surface area contributed by atoms with Gasteiger partial charge in [0.15, 0.2) is 0 Å². The van der Waals surface area contributed by atoms with Crippen LogP contribution in [-0.2, 0) is 23.7 Å². The molecular formula is C22H35NO6Si. The van der Waals surface area contributed by atoms with Gasteiger partial charge in [-0.1, -0.05) is 53.8 Å². The number of benzene rings is 1. The largest absolute Gasteiger partial charge is 0.468 e. The number of methoxy groups -OCH3 is 2. The molecule has 1 rings (SSSR count). The Morgan fingerprint density at radius 1 is 1.13 bits per heavy atom. The van der Waals surface area contributed by atoms with Gasteiger partial charge in [0.1, 0.15) is 27.0 Å². The monoisotopic (exact) mass is 437 g/mol. The van der Waals surface area contributed by atoms with E-state index in [4.69, 9.17) is 18.9 Å². The minimum absolute atomic E-state index is 0.0531. The van der Waals surface area contributed by atoms with E-state index in [1.807, 2.05) is 18.2 Å². The molecular weight excluding hydrogens is 402 g/mol. The molecule has 0 saturated carbocycles. The zero-order chi connectivity index (χ0) is 22.9. The number of rotatable bonds is 10. The molecule has 7 nitrogen and oxygen atoms in total. The first kappa shape index (κ1) is 25.9. The molecule has 0 aliphatic rings. The van der Waals surface area contributed by atoms with Gasteiger partial charge < -0.3 is 18.9 Å². The average Bonchev–Trinajstić information content (AvgIpc) is 2.68. The van der Waals surface area contributed by atoms with Gasteiger partial charge in [0.05, 0.1) is 19.8 Å². The molecule has 0 aliphatic carbocycles. The number of hydrogen-bond acceptors (Lipinski definition) is 6. The van der Waals surface area contributed by atoms with E-state index in [-0.39, 0.29) is 19.9 Å². The van der Waals surface area contributed by atoms with Gasteiger partial charge in [-0.05, 0) is 20.8 Å². The van der Waals surface area contributed by atoms with Crippen LogP contribution in [0.25, 0.3) is 0 Å². The van der Waals surface area contributed by atoms with Crippen LogP contribution in [0.15, 0.2) is 42.1 Å². The van der Waals surface area contributed by atoms with Gasteiger partial charge in [-0.25, -0.2) is 4.79 Å². The van der Waals surface area contributed by atoms with E-state index in [9.17, 15) is 9.59 Å². The summed E-state index contributed by atoms with van der Waals surface area (Å²) in [6.07, 6.45) is -0.627. The van der Waals surface area contributed by atoms with Crippen molar-refractivity contribution in [3.05, 3.63) is 42.1 Å². The average molecular weight is 438 g/mol. The number of esters is 1. The smallest absolute Gasteiger partial charge is 0.411 e. The summed E-state index contributed by atoms with van der Waals surface area (Å²) in [5.41, 5.74) is -0.725. The zero-order valence-corrected chi connectivity index (χ0v) is 20.2. The van der Waals surface area contributed by atoms with Gasteiger partial charge in [0.25, 0.3) is 0 Å². The molecule has 30 heavy (non-hydrogen) atoms. The summed E-state index contributed by atoms with van der Waals surface area (Å²) in [5, 5.41) is 1.99. The van der Waals surface area contributed by atoms with Crippen molar-refractivity contribution in [3.8, 4) is 0 Å². The first-order chi connectivity index (χ1) is 13.9. The highest BCUT2D eigenvalue weighted by Gasteiger charge is 2.39. The second kappa shape index (κ2) is 11.3. The lowest BCUT2D eigenvalue weighted by atomic mass is 10.2. The fourth-order valence-electron chi connectivity index (χ4n) is 2.90. The maximum Gasteiger partial charge on any atom is 0.411 e. The molecule has 0 aliphatic heterocycles. The third-order valence-electron chi connectivity index (χ3n) is 4.71. The van der Waals surface area contributed by atoms with E-state index >= 15 is 0 Å². The van der Waals surface area contributed by atoms with Crippen molar-refractivity contribution in [1.82, 2.24) is 4.90 Å². The topological polar surface area (TPSA) is 74.3 Å². The lowest BCUT2D eigenvalue weighted by Gasteiger charge is -2.38. The molecule has 1 aromatic carbocycles. The predicted octanol–water partition coefficient (Wildman–Crippen LogP) is 3.10. The van der Waals surface area contributed by atoms with Crippen LogP contribution in [0.1, 0.15) is 20.8 Å². The van der Waals surface area contributed by atoms with Crippen molar-refractivity contribution in [2.24, 2.45) is 0 Å². The van der Waals surface area contributed by atoms with Gasteiger partial charge in [0.2, 0.25) is 0 Å². The minimum Gasteiger partial charge on any atom is -0.468 e. The standard InChI is InChI=1S/C22H35NO6Si/c1-17(30(7,8)18-12-10-9-11-13-18)19(15-28-16-26-5)23(14-20(24)27-6)21(25)29-22(2,3)4/h9-13,19H,1,14-16H2,2-8H3/t19-/m0/s1. The number of nitrogens with zero attached hydrogens (tertiary/aromatic N) is 1. The van der Waals surface area contributed by atoms with E-state index in [2.05, 4.69) is 31.8 Å². The normalized spacial score (nSPS) is 12.8. The van der Waals surface area contributed by atoms with Crippen molar-refractivity contribution < 1.29 is 28.5 Å². The van der Waals surface area contributed by atoms with E-state index in [1.165, 1.54) is 19.1 Å². The zero-order valence-electron chi connectivity index (χ0n) is 19.2. The first-order valence-electron chi connectivity index (χ1n) is 9.82. The Hall–Kier alpha value is -2.16. The Labute approximate surface area is 180 Å². The quantitative estimate of drug-likeness (QED) is 0.242. The highest BCUT2D eigenvalue weighted by atomic mass is 28.3. The summed E-state index contributed by atoms with van der Waals surface area (Å²) in [6.45, 7) is 13.9. The van der Waals surface area contributed by atoms with Crippen LogP contribution in [0.5, 0.6) is 0 Å². The molecule has 1 aromatic rings. The SMILES string of the molecule is C=C([C@H](COCOC)N(CC(=O)OC)C(=O)OC(C)(C)C)[Si](C)(C)c1ccccc1. The van der Waals surface area contributed by atoms with Gasteiger partial charge in [-0.3, -0.25) is 9.69 Å². The summed E-state index contributed by atoms with van der Waals surface area (Å²) in [7, 11) is 0.550. The molecule has 1 amide bonds. The van der Waals surface area contributed by atoms with Crippen molar-refractivity contribution in [2.45, 2.75) is 45.5 Å². The predicted molar refractivity (Wildman–Crippen MR) is 119 cm³/mol. The molecule has 0 heterocycles. The molecule has 1 atom stereocenters. The van der Waals surface area contributed by atoms with E-state index in [1.54, 1.807) is 20.8 Å². The Kier molecular flexibility index (Phi) is 9.74. The maximum absolute atomic E-state index is 13.0. The molecule has 0 aromatic heterocycles. The first-order valence-corrected chi connectivity index (χ1v) is 12.8. The Morgan fingerprint density at radius 2 is 1.73 bits per heavy atom. The number of ether oxygens (including phenoxy) is 4. The van der Waals surface area contributed by atoms with E-state index < -0.39 is 31.8 Å². The lowest BCUT2D eigenvalue weighted by molar-refractivity contribution is -0.142. The van der Waals surface area contributed by atoms with Crippen molar-refractivity contribution in [3.63, 3.8) is 0 Å². The fraction of sp³-hybridized carbons (Fsp3) is 0.545. The van der Waals surface area contributed by atoms with Crippen LogP contribution in [0.2, 0.25) is 13.1 Å². The van der Waals surface area contributed by atoms with Gasteiger partial charge in [-0.2, -0.15) is 0 Å². The lowest BCUT2D eigenvalue weighted by Crippen LogP contribution is -2.56. The molecule has 0 bridgehead atoms. The summed E-state index contributed by atoms with van der Waals surface area (Å²) >= 11 is 0. The molecule has 168 valence electrons. The van der Waals surface area contributed by atoms with Gasteiger partial charge in [0, 0.05) is 7.11 Å². The number of carbonyl (C=O) groups excluding carboxylic acids is 2. The summed E-state index contributed by atoms with van der Waals surface area (Å²) in [5.74, 6) is -0.551. The molecule has 0 fully saturated rings. The minimum atomic E-state index is -2.25. The molecule has 0 N–H and O–H groups in total. The Bertz CT molecular complexity index is 714. The highest BCUT2D eigenvalue weighted by molar-refractivity contribution is 6.95. The molecule has 0 spiro atoms. The van der Waals surface area contributed by atoms with Gasteiger partial charge in [-0.15, -0.1) is 6.58 Å². The van der Waals surface area contributed by atoms with Crippen LogP contribution >= 0.6 is 0 Å². The van der Waals surface area contributed by atoms with E-state index in [0.29, 0.717) is 0 Å². The van der Waals surface area contributed by atoms with Crippen molar-refractivity contribution in [1.29, 1.82) is 0 Å². The molecule has 8 heteroatoms. The second-order valence-electron chi connectivity index (χ2n) is 8.49.